The third-order valence-corrected chi connectivity index (χ3v) is 2.90. The molecular weight excluding hydrogens is 248 g/mol. The second-order valence-electron chi connectivity index (χ2n) is 4.42. The van der Waals surface area contributed by atoms with Crippen molar-refractivity contribution in [2.24, 2.45) is 0 Å². The van der Waals surface area contributed by atoms with Crippen LogP contribution in [0, 0.1) is 0 Å². The third kappa shape index (κ3) is 4.60. The van der Waals surface area contributed by atoms with Gasteiger partial charge in [-0.25, -0.2) is 4.79 Å². The second kappa shape index (κ2) is 7.85. The lowest BCUT2D eigenvalue weighted by atomic mass is 10.1. The minimum Gasteiger partial charge on any atom is -0.468 e. The van der Waals surface area contributed by atoms with Crippen LogP contribution >= 0.6 is 0 Å². The van der Waals surface area contributed by atoms with Crippen LogP contribution in [0.2, 0.25) is 0 Å². The van der Waals surface area contributed by atoms with Gasteiger partial charge in [-0.3, -0.25) is 10.00 Å². The number of aliphatic hydroxyl groups is 1. The Morgan fingerprint density at radius 2 is 2.37 bits per heavy atom. The van der Waals surface area contributed by atoms with Crippen LogP contribution in [-0.2, 0) is 16.1 Å². The largest absolute Gasteiger partial charge is 0.468 e. The lowest BCUT2D eigenvalue weighted by Crippen LogP contribution is -2.36. The molecule has 0 amide bonds. The fraction of sp³-hybridized carbons (Fsp3) is 0.750. The lowest BCUT2D eigenvalue weighted by molar-refractivity contribution is -0.143. The Labute approximate surface area is 112 Å². The number of aliphatic hydroxyl groups excluding tert-OH is 1. The smallest absolute Gasteiger partial charge is 0.329 e. The number of rotatable bonds is 8. The number of esters is 1. The van der Waals surface area contributed by atoms with Crippen LogP contribution in [0.1, 0.15) is 38.4 Å². The topological polar surface area (TPSA) is 89.3 Å². The van der Waals surface area contributed by atoms with Crippen LogP contribution in [0.15, 0.2) is 6.20 Å². The zero-order chi connectivity index (χ0) is 14.3. The lowest BCUT2D eigenvalue weighted by Gasteiger charge is -2.18. The number of aryl methyl sites for hydroxylation is 1. The van der Waals surface area contributed by atoms with E-state index in [4.69, 9.17) is 9.84 Å². The predicted molar refractivity (Wildman–Crippen MR) is 69.4 cm³/mol. The fourth-order valence-electron chi connectivity index (χ4n) is 1.58. The fourth-order valence-corrected chi connectivity index (χ4v) is 1.58. The van der Waals surface area contributed by atoms with E-state index in [1.807, 2.05) is 13.8 Å². The number of carbonyl (C=O) groups excluding carboxylic acids is 1. The summed E-state index contributed by atoms with van der Waals surface area (Å²) >= 11 is 0. The summed E-state index contributed by atoms with van der Waals surface area (Å²) in [6.07, 6.45) is 3.20. The van der Waals surface area contributed by atoms with Crippen molar-refractivity contribution in [2.75, 3.05) is 13.7 Å². The molecule has 1 rings (SSSR count). The predicted octanol–water partition coefficient (Wildman–Crippen LogP) is 0.263. The van der Waals surface area contributed by atoms with E-state index in [0.29, 0.717) is 18.7 Å². The van der Waals surface area contributed by atoms with Gasteiger partial charge in [-0.15, -0.1) is 5.10 Å². The Morgan fingerprint density at radius 3 is 2.95 bits per heavy atom. The summed E-state index contributed by atoms with van der Waals surface area (Å²) in [6, 6.07) is -0.436. The number of methoxy groups -OCH3 is 1. The van der Waals surface area contributed by atoms with Gasteiger partial charge < -0.3 is 9.84 Å². The number of nitrogens with zero attached hydrogens (tertiary/aromatic N) is 3. The molecule has 0 aliphatic heterocycles. The van der Waals surface area contributed by atoms with Gasteiger partial charge in [0.25, 0.3) is 0 Å². The highest BCUT2D eigenvalue weighted by atomic mass is 16.5. The van der Waals surface area contributed by atoms with E-state index in [1.165, 1.54) is 7.11 Å². The van der Waals surface area contributed by atoms with Crippen molar-refractivity contribution in [2.45, 2.75) is 45.3 Å². The summed E-state index contributed by atoms with van der Waals surface area (Å²) in [7, 11) is 1.35. The van der Waals surface area contributed by atoms with Crippen molar-refractivity contribution in [3.05, 3.63) is 11.9 Å². The summed E-state index contributed by atoms with van der Waals surface area (Å²) in [5, 5.41) is 19.9. The number of aromatic nitrogens is 3. The maximum atomic E-state index is 11.8. The number of nitrogens with one attached hydrogen (secondary N) is 1. The molecule has 0 bridgehead atoms. The molecule has 7 nitrogen and oxygen atoms in total. The van der Waals surface area contributed by atoms with Crippen molar-refractivity contribution in [1.82, 2.24) is 20.3 Å². The van der Waals surface area contributed by atoms with E-state index in [9.17, 15) is 4.79 Å². The van der Waals surface area contributed by atoms with Crippen molar-refractivity contribution in [3.8, 4) is 0 Å². The Morgan fingerprint density at radius 1 is 1.63 bits per heavy atom. The summed E-state index contributed by atoms with van der Waals surface area (Å²) in [6.45, 7) is 4.69. The first-order chi connectivity index (χ1) is 9.12. The van der Waals surface area contributed by atoms with Crippen molar-refractivity contribution in [3.63, 3.8) is 0 Å². The molecule has 19 heavy (non-hydrogen) atoms. The summed E-state index contributed by atoms with van der Waals surface area (Å²) < 4.78 is 6.39. The van der Waals surface area contributed by atoms with Crippen LogP contribution in [0.3, 0.4) is 0 Å². The molecule has 0 radical (unpaired) electrons. The van der Waals surface area contributed by atoms with Gasteiger partial charge in [0.05, 0.1) is 13.3 Å². The van der Waals surface area contributed by atoms with E-state index < -0.39 is 6.04 Å². The summed E-state index contributed by atoms with van der Waals surface area (Å²) in [5.74, 6) is -0.380. The van der Waals surface area contributed by atoms with Crippen LogP contribution in [0.25, 0.3) is 0 Å². The Hall–Kier alpha value is -1.47. The first-order valence-electron chi connectivity index (χ1n) is 6.47. The normalized spacial score (nSPS) is 14.1. The van der Waals surface area contributed by atoms with Crippen molar-refractivity contribution < 1.29 is 14.6 Å². The van der Waals surface area contributed by atoms with Gasteiger partial charge in [-0.2, -0.15) is 0 Å². The molecule has 0 fully saturated rings. The first kappa shape index (κ1) is 15.6. The van der Waals surface area contributed by atoms with Crippen LogP contribution in [0.4, 0.5) is 0 Å². The van der Waals surface area contributed by atoms with E-state index in [2.05, 4.69) is 15.6 Å². The molecule has 108 valence electrons. The molecular formula is C12H22N4O3. The van der Waals surface area contributed by atoms with Gasteiger partial charge in [0.1, 0.15) is 5.69 Å². The maximum Gasteiger partial charge on any atom is 0.329 e. The van der Waals surface area contributed by atoms with E-state index in [1.54, 1.807) is 10.9 Å². The van der Waals surface area contributed by atoms with Gasteiger partial charge in [-0.05, 0) is 19.8 Å². The van der Waals surface area contributed by atoms with Gasteiger partial charge in [0.2, 0.25) is 0 Å². The SMILES string of the molecule is CCC(C)NC(C(=O)OC)c1cn(CCCO)nn1. The molecule has 0 saturated carbocycles. The molecule has 0 saturated heterocycles. The summed E-state index contributed by atoms with van der Waals surface area (Å²) in [4.78, 5) is 11.8. The quantitative estimate of drug-likeness (QED) is 0.659. The Balaban J connectivity index is 2.78. The van der Waals surface area contributed by atoms with Crippen molar-refractivity contribution >= 4 is 5.97 Å². The van der Waals surface area contributed by atoms with Crippen LogP contribution in [0.5, 0.6) is 0 Å². The highest BCUT2D eigenvalue weighted by molar-refractivity contribution is 5.76. The molecule has 7 heteroatoms. The zero-order valence-electron chi connectivity index (χ0n) is 11.7. The molecule has 1 aromatic rings. The van der Waals surface area contributed by atoms with Crippen LogP contribution in [-0.4, -0.2) is 45.8 Å². The van der Waals surface area contributed by atoms with E-state index in [0.717, 1.165) is 6.42 Å². The monoisotopic (exact) mass is 270 g/mol. The zero-order valence-corrected chi connectivity index (χ0v) is 11.7. The average molecular weight is 270 g/mol. The van der Waals surface area contributed by atoms with Gasteiger partial charge >= 0.3 is 5.97 Å². The van der Waals surface area contributed by atoms with Crippen LogP contribution < -0.4 is 5.32 Å². The number of hydrogen-bond acceptors (Lipinski definition) is 6. The van der Waals surface area contributed by atoms with E-state index >= 15 is 0 Å². The van der Waals surface area contributed by atoms with Gasteiger partial charge in [-0.1, -0.05) is 12.1 Å². The minimum atomic E-state index is -0.608. The first-order valence-corrected chi connectivity index (χ1v) is 6.47. The molecule has 1 heterocycles. The Bertz CT molecular complexity index is 394. The molecule has 0 aliphatic rings. The number of carbonyl (C=O) groups is 1. The second-order valence-corrected chi connectivity index (χ2v) is 4.42. The molecule has 0 spiro atoms. The highest BCUT2D eigenvalue weighted by Crippen LogP contribution is 2.13. The third-order valence-electron chi connectivity index (χ3n) is 2.90. The molecule has 1 aromatic heterocycles. The highest BCUT2D eigenvalue weighted by Gasteiger charge is 2.25. The molecule has 0 aromatic carbocycles. The Kier molecular flexibility index (Phi) is 6.44. The maximum absolute atomic E-state index is 11.8. The van der Waals surface area contributed by atoms with Crippen molar-refractivity contribution in [1.29, 1.82) is 0 Å². The van der Waals surface area contributed by atoms with Gasteiger partial charge in [0.15, 0.2) is 6.04 Å². The molecule has 0 aliphatic carbocycles. The standard InChI is InChI=1S/C12H22N4O3/c1-4-9(2)13-11(12(18)19-3)10-8-16(15-14-10)6-5-7-17/h8-9,11,13,17H,4-7H2,1-3H3. The molecule has 2 N–H and O–H groups in total. The number of hydrogen-bond donors (Lipinski definition) is 2. The average Bonchev–Trinajstić information content (AvgIpc) is 2.89. The molecule has 2 unspecified atom stereocenters. The van der Waals surface area contributed by atoms with Gasteiger partial charge in [0, 0.05) is 19.2 Å². The minimum absolute atomic E-state index is 0.0980. The molecule has 2 atom stereocenters. The summed E-state index contributed by atoms with van der Waals surface area (Å²) in [5.41, 5.74) is 0.532. The number of ether oxygens (including phenoxy) is 1. The van der Waals surface area contributed by atoms with E-state index in [-0.39, 0.29) is 18.6 Å².